The molecule has 0 aromatic carbocycles. The SMILES string of the molecule is Cc1cccc(NCCCNC(=O)C(C)C)n1. The van der Waals surface area contributed by atoms with E-state index in [0.717, 1.165) is 24.5 Å². The van der Waals surface area contributed by atoms with Crippen LogP contribution in [0.5, 0.6) is 0 Å². The summed E-state index contributed by atoms with van der Waals surface area (Å²) in [5.41, 5.74) is 1.00. The van der Waals surface area contributed by atoms with Gasteiger partial charge in [0, 0.05) is 24.7 Å². The number of nitrogens with one attached hydrogen (secondary N) is 2. The molecule has 1 aromatic heterocycles. The van der Waals surface area contributed by atoms with Crippen molar-refractivity contribution in [2.24, 2.45) is 5.92 Å². The quantitative estimate of drug-likeness (QED) is 0.741. The number of carbonyl (C=O) groups excluding carboxylic acids is 1. The van der Waals surface area contributed by atoms with Crippen molar-refractivity contribution in [3.8, 4) is 0 Å². The summed E-state index contributed by atoms with van der Waals surface area (Å²) in [6.45, 7) is 7.27. The molecule has 2 N–H and O–H groups in total. The molecule has 4 heteroatoms. The van der Waals surface area contributed by atoms with E-state index in [0.29, 0.717) is 6.54 Å². The van der Waals surface area contributed by atoms with E-state index >= 15 is 0 Å². The molecule has 1 heterocycles. The van der Waals surface area contributed by atoms with Crippen LogP contribution in [0.1, 0.15) is 26.0 Å². The van der Waals surface area contributed by atoms with Crippen LogP contribution in [0.15, 0.2) is 18.2 Å². The van der Waals surface area contributed by atoms with Gasteiger partial charge in [-0.25, -0.2) is 4.98 Å². The van der Waals surface area contributed by atoms with E-state index < -0.39 is 0 Å². The number of carbonyl (C=O) groups is 1. The number of hydrogen-bond acceptors (Lipinski definition) is 3. The zero-order chi connectivity index (χ0) is 12.7. The summed E-state index contributed by atoms with van der Waals surface area (Å²) in [5, 5.41) is 6.11. The second kappa shape index (κ2) is 6.89. The molecule has 0 fully saturated rings. The number of pyridine rings is 1. The summed E-state index contributed by atoms with van der Waals surface area (Å²) in [6.07, 6.45) is 0.897. The molecule has 0 aliphatic rings. The van der Waals surface area contributed by atoms with Gasteiger partial charge in [0.15, 0.2) is 0 Å². The fourth-order valence-electron chi connectivity index (χ4n) is 1.36. The van der Waals surface area contributed by atoms with Gasteiger partial charge in [-0.05, 0) is 25.5 Å². The Morgan fingerprint density at radius 3 is 2.76 bits per heavy atom. The maximum atomic E-state index is 11.3. The van der Waals surface area contributed by atoms with Crippen LogP contribution >= 0.6 is 0 Å². The van der Waals surface area contributed by atoms with Crippen molar-refractivity contribution in [2.45, 2.75) is 27.2 Å². The maximum Gasteiger partial charge on any atom is 0.222 e. The molecule has 94 valence electrons. The van der Waals surface area contributed by atoms with Crippen molar-refractivity contribution in [3.63, 3.8) is 0 Å². The van der Waals surface area contributed by atoms with Gasteiger partial charge in [0.2, 0.25) is 5.91 Å². The Hall–Kier alpha value is -1.58. The predicted molar refractivity (Wildman–Crippen MR) is 69.9 cm³/mol. The minimum Gasteiger partial charge on any atom is -0.370 e. The van der Waals surface area contributed by atoms with Crippen molar-refractivity contribution in [1.29, 1.82) is 0 Å². The number of hydrogen-bond donors (Lipinski definition) is 2. The highest BCUT2D eigenvalue weighted by molar-refractivity contribution is 5.77. The third-order valence-electron chi connectivity index (χ3n) is 2.37. The highest BCUT2D eigenvalue weighted by atomic mass is 16.1. The molecule has 0 aliphatic heterocycles. The van der Waals surface area contributed by atoms with Crippen molar-refractivity contribution >= 4 is 11.7 Å². The van der Waals surface area contributed by atoms with Gasteiger partial charge in [-0.15, -0.1) is 0 Å². The lowest BCUT2D eigenvalue weighted by Crippen LogP contribution is -2.29. The maximum absolute atomic E-state index is 11.3. The molecule has 0 saturated carbocycles. The van der Waals surface area contributed by atoms with E-state index in [9.17, 15) is 4.79 Å². The average Bonchev–Trinajstić information content (AvgIpc) is 2.28. The van der Waals surface area contributed by atoms with Crippen LogP contribution in [-0.4, -0.2) is 24.0 Å². The molecule has 0 radical (unpaired) electrons. The van der Waals surface area contributed by atoms with E-state index in [1.165, 1.54) is 0 Å². The minimum atomic E-state index is 0.0569. The van der Waals surface area contributed by atoms with E-state index in [1.807, 2.05) is 39.0 Å². The first-order chi connectivity index (χ1) is 8.09. The Labute approximate surface area is 103 Å². The van der Waals surface area contributed by atoms with Crippen LogP contribution in [0.2, 0.25) is 0 Å². The van der Waals surface area contributed by atoms with Crippen LogP contribution in [0.3, 0.4) is 0 Å². The molecule has 1 aromatic rings. The minimum absolute atomic E-state index is 0.0569. The second-order valence-electron chi connectivity index (χ2n) is 4.39. The van der Waals surface area contributed by atoms with Crippen molar-refractivity contribution in [1.82, 2.24) is 10.3 Å². The number of nitrogens with zero attached hydrogens (tertiary/aromatic N) is 1. The monoisotopic (exact) mass is 235 g/mol. The summed E-state index contributed by atoms with van der Waals surface area (Å²) in [6, 6.07) is 5.89. The molecule has 0 spiro atoms. The summed E-state index contributed by atoms with van der Waals surface area (Å²) >= 11 is 0. The predicted octanol–water partition coefficient (Wildman–Crippen LogP) is 1.96. The van der Waals surface area contributed by atoms with E-state index in [1.54, 1.807) is 0 Å². The van der Waals surface area contributed by atoms with E-state index in [2.05, 4.69) is 15.6 Å². The third-order valence-corrected chi connectivity index (χ3v) is 2.37. The lowest BCUT2D eigenvalue weighted by molar-refractivity contribution is -0.123. The fraction of sp³-hybridized carbons (Fsp3) is 0.538. The first kappa shape index (κ1) is 13.5. The third kappa shape index (κ3) is 5.33. The van der Waals surface area contributed by atoms with Gasteiger partial charge < -0.3 is 10.6 Å². The van der Waals surface area contributed by atoms with Gasteiger partial charge in [0.1, 0.15) is 5.82 Å². The number of aromatic nitrogens is 1. The summed E-state index contributed by atoms with van der Waals surface area (Å²) in [4.78, 5) is 15.6. The number of rotatable bonds is 6. The Morgan fingerprint density at radius 2 is 2.12 bits per heavy atom. The van der Waals surface area contributed by atoms with Crippen molar-refractivity contribution in [2.75, 3.05) is 18.4 Å². The lowest BCUT2D eigenvalue weighted by atomic mass is 10.2. The zero-order valence-electron chi connectivity index (χ0n) is 10.8. The second-order valence-corrected chi connectivity index (χ2v) is 4.39. The van der Waals surface area contributed by atoms with Crippen LogP contribution in [0, 0.1) is 12.8 Å². The van der Waals surface area contributed by atoms with Crippen LogP contribution in [-0.2, 0) is 4.79 Å². The Kier molecular flexibility index (Phi) is 5.46. The zero-order valence-corrected chi connectivity index (χ0v) is 10.8. The largest absolute Gasteiger partial charge is 0.370 e. The van der Waals surface area contributed by atoms with E-state index in [4.69, 9.17) is 0 Å². The summed E-state index contributed by atoms with van der Waals surface area (Å²) in [7, 11) is 0. The van der Waals surface area contributed by atoms with Gasteiger partial charge in [0.25, 0.3) is 0 Å². The fourth-order valence-corrected chi connectivity index (χ4v) is 1.36. The highest BCUT2D eigenvalue weighted by Crippen LogP contribution is 2.03. The van der Waals surface area contributed by atoms with Gasteiger partial charge in [-0.3, -0.25) is 4.79 Å². The van der Waals surface area contributed by atoms with Gasteiger partial charge in [-0.1, -0.05) is 19.9 Å². The van der Waals surface area contributed by atoms with Crippen LogP contribution in [0.4, 0.5) is 5.82 Å². The van der Waals surface area contributed by atoms with Gasteiger partial charge >= 0.3 is 0 Å². The molecule has 0 aliphatic carbocycles. The van der Waals surface area contributed by atoms with E-state index in [-0.39, 0.29) is 11.8 Å². The molecule has 1 amide bonds. The molecule has 0 saturated heterocycles. The van der Waals surface area contributed by atoms with Gasteiger partial charge in [-0.2, -0.15) is 0 Å². The molecule has 4 nitrogen and oxygen atoms in total. The summed E-state index contributed by atoms with van der Waals surface area (Å²) in [5.74, 6) is 1.06. The lowest BCUT2D eigenvalue weighted by Gasteiger charge is -2.08. The standard InChI is InChI=1S/C13H21N3O/c1-10(2)13(17)15-9-5-8-14-12-7-4-6-11(3)16-12/h4,6-7,10H,5,8-9H2,1-3H3,(H,14,16)(H,15,17). The first-order valence-electron chi connectivity index (χ1n) is 6.05. The number of anilines is 1. The smallest absolute Gasteiger partial charge is 0.222 e. The van der Waals surface area contributed by atoms with Crippen LogP contribution < -0.4 is 10.6 Å². The highest BCUT2D eigenvalue weighted by Gasteiger charge is 2.04. The van der Waals surface area contributed by atoms with Crippen LogP contribution in [0.25, 0.3) is 0 Å². The summed E-state index contributed by atoms with van der Waals surface area (Å²) < 4.78 is 0. The molecule has 0 bridgehead atoms. The molecular formula is C13H21N3O. The molecular weight excluding hydrogens is 214 g/mol. The normalized spacial score (nSPS) is 10.4. The molecule has 0 atom stereocenters. The van der Waals surface area contributed by atoms with Crippen molar-refractivity contribution in [3.05, 3.63) is 23.9 Å². The molecule has 17 heavy (non-hydrogen) atoms. The van der Waals surface area contributed by atoms with Gasteiger partial charge in [0.05, 0.1) is 0 Å². The molecule has 0 unspecified atom stereocenters. The number of amides is 1. The topological polar surface area (TPSA) is 54.0 Å². The van der Waals surface area contributed by atoms with Crippen molar-refractivity contribution < 1.29 is 4.79 Å². The first-order valence-corrected chi connectivity index (χ1v) is 6.05. The Bertz CT molecular complexity index is 363. The number of aryl methyl sites for hydroxylation is 1. The Balaban J connectivity index is 2.14. The Morgan fingerprint density at radius 1 is 1.35 bits per heavy atom. The average molecular weight is 235 g/mol. The molecule has 1 rings (SSSR count).